The Bertz CT molecular complexity index is 1550. The van der Waals surface area contributed by atoms with E-state index in [1.54, 1.807) is 6.92 Å². The molecule has 2 aromatic carbocycles. The average molecular weight is 524 g/mol. The Morgan fingerprint density at radius 1 is 1.03 bits per heavy atom. The number of carbonyl (C=O) groups is 1. The second-order valence-electron chi connectivity index (χ2n) is 9.21. The van der Waals surface area contributed by atoms with Crippen LogP contribution in [-0.4, -0.2) is 53.4 Å². The Hall–Kier alpha value is -4.12. The SMILES string of the molecule is Cc1nn2c(N3CCOCC3)c(C(=O)N[C@H]3CCOc4ccccc43)cnc2c1-c1c(F)ccc(F)c1F. The monoisotopic (exact) mass is 523 g/mol. The van der Waals surface area contributed by atoms with Gasteiger partial charge in [0.25, 0.3) is 5.91 Å². The number of para-hydroxylation sites is 1. The number of aryl methyl sites for hydroxylation is 1. The fraction of sp³-hybridized carbons (Fsp3) is 0.296. The molecule has 1 N–H and O–H groups in total. The van der Waals surface area contributed by atoms with Crippen LogP contribution < -0.4 is 15.0 Å². The Balaban J connectivity index is 1.48. The van der Waals surface area contributed by atoms with Crippen LogP contribution in [0.1, 0.15) is 34.1 Å². The molecule has 0 spiro atoms. The number of hydrogen-bond acceptors (Lipinski definition) is 6. The minimum Gasteiger partial charge on any atom is -0.493 e. The highest BCUT2D eigenvalue weighted by Crippen LogP contribution is 2.36. The smallest absolute Gasteiger partial charge is 0.257 e. The lowest BCUT2D eigenvalue weighted by molar-refractivity contribution is 0.0922. The van der Waals surface area contributed by atoms with Gasteiger partial charge in [-0.2, -0.15) is 9.61 Å². The first-order chi connectivity index (χ1) is 18.4. The van der Waals surface area contributed by atoms with Crippen molar-refractivity contribution in [3.05, 3.63) is 76.9 Å². The number of nitrogens with one attached hydrogen (secondary N) is 1. The molecule has 196 valence electrons. The molecular formula is C27H24F3N5O3. The predicted molar refractivity (Wildman–Crippen MR) is 133 cm³/mol. The molecule has 11 heteroatoms. The molecule has 6 rings (SSSR count). The van der Waals surface area contributed by atoms with Gasteiger partial charge in [0.2, 0.25) is 0 Å². The maximum absolute atomic E-state index is 14.8. The number of nitrogens with zero attached hydrogens (tertiary/aromatic N) is 4. The lowest BCUT2D eigenvalue weighted by atomic mass is 10.00. The van der Waals surface area contributed by atoms with Crippen LogP contribution in [0.15, 0.2) is 42.6 Å². The van der Waals surface area contributed by atoms with Crippen LogP contribution in [0.2, 0.25) is 0 Å². The van der Waals surface area contributed by atoms with E-state index < -0.39 is 23.0 Å². The third kappa shape index (κ3) is 4.03. The lowest BCUT2D eigenvalue weighted by Crippen LogP contribution is -2.40. The van der Waals surface area contributed by atoms with Crippen LogP contribution >= 0.6 is 0 Å². The molecule has 0 aliphatic carbocycles. The van der Waals surface area contributed by atoms with Crippen molar-refractivity contribution >= 4 is 17.4 Å². The molecule has 38 heavy (non-hydrogen) atoms. The van der Waals surface area contributed by atoms with E-state index >= 15 is 0 Å². The normalized spacial score (nSPS) is 17.3. The average Bonchev–Trinajstić information content (AvgIpc) is 3.26. The molecule has 1 amide bonds. The molecule has 0 bridgehead atoms. The van der Waals surface area contributed by atoms with Gasteiger partial charge in [0.05, 0.1) is 42.7 Å². The van der Waals surface area contributed by atoms with E-state index in [2.05, 4.69) is 15.4 Å². The number of amides is 1. The second kappa shape index (κ2) is 9.64. The van der Waals surface area contributed by atoms with Crippen LogP contribution in [0.3, 0.4) is 0 Å². The quantitative estimate of drug-likeness (QED) is 0.404. The Morgan fingerprint density at radius 2 is 1.79 bits per heavy atom. The number of halogens is 3. The molecule has 0 radical (unpaired) electrons. The van der Waals surface area contributed by atoms with Gasteiger partial charge < -0.3 is 19.7 Å². The highest BCUT2D eigenvalue weighted by Gasteiger charge is 2.30. The molecule has 1 atom stereocenters. The molecule has 8 nitrogen and oxygen atoms in total. The van der Waals surface area contributed by atoms with Gasteiger partial charge in [-0.05, 0) is 25.1 Å². The van der Waals surface area contributed by atoms with Crippen molar-refractivity contribution < 1.29 is 27.4 Å². The van der Waals surface area contributed by atoms with Crippen LogP contribution in [0, 0.1) is 24.4 Å². The van der Waals surface area contributed by atoms with Gasteiger partial charge >= 0.3 is 0 Å². The van der Waals surface area contributed by atoms with Crippen molar-refractivity contribution in [1.82, 2.24) is 19.9 Å². The number of morpholine rings is 1. The summed E-state index contributed by atoms with van der Waals surface area (Å²) >= 11 is 0. The van der Waals surface area contributed by atoms with Crippen LogP contribution in [0.25, 0.3) is 16.8 Å². The number of ether oxygens (including phenoxy) is 2. The highest BCUT2D eigenvalue weighted by molar-refractivity contribution is 6.00. The van der Waals surface area contributed by atoms with Gasteiger partial charge in [-0.25, -0.2) is 18.2 Å². The molecule has 1 fully saturated rings. The zero-order chi connectivity index (χ0) is 26.4. The van der Waals surface area contributed by atoms with E-state index in [0.717, 1.165) is 23.4 Å². The van der Waals surface area contributed by atoms with Gasteiger partial charge in [0.1, 0.15) is 22.9 Å². The summed E-state index contributed by atoms with van der Waals surface area (Å²) in [6.07, 6.45) is 1.97. The summed E-state index contributed by atoms with van der Waals surface area (Å²) in [5.74, 6) is -2.67. The topological polar surface area (TPSA) is 81.0 Å². The minimum absolute atomic E-state index is 0.0272. The molecule has 2 aromatic heterocycles. The fourth-order valence-electron chi connectivity index (χ4n) is 5.10. The molecule has 4 aromatic rings. The Kier molecular flexibility index (Phi) is 6.15. The van der Waals surface area contributed by atoms with Gasteiger partial charge in [0, 0.05) is 31.3 Å². The van der Waals surface area contributed by atoms with Crippen molar-refractivity contribution in [3.8, 4) is 16.9 Å². The number of anilines is 1. The molecule has 0 saturated carbocycles. The maximum Gasteiger partial charge on any atom is 0.257 e. The van der Waals surface area contributed by atoms with Gasteiger partial charge in [-0.1, -0.05) is 18.2 Å². The summed E-state index contributed by atoms with van der Waals surface area (Å²) in [6.45, 7) is 3.82. The van der Waals surface area contributed by atoms with E-state index in [4.69, 9.17) is 9.47 Å². The summed E-state index contributed by atoms with van der Waals surface area (Å²) in [4.78, 5) is 20.0. The van der Waals surface area contributed by atoms with E-state index in [0.29, 0.717) is 45.1 Å². The third-order valence-electron chi connectivity index (χ3n) is 6.91. The van der Waals surface area contributed by atoms with E-state index in [1.165, 1.54) is 10.7 Å². The van der Waals surface area contributed by atoms with Crippen LogP contribution in [0.5, 0.6) is 5.75 Å². The number of carbonyl (C=O) groups excluding carboxylic acids is 1. The number of benzene rings is 2. The van der Waals surface area contributed by atoms with Crippen molar-refractivity contribution in [2.75, 3.05) is 37.8 Å². The zero-order valence-corrected chi connectivity index (χ0v) is 20.5. The van der Waals surface area contributed by atoms with E-state index in [9.17, 15) is 18.0 Å². The van der Waals surface area contributed by atoms with Crippen molar-refractivity contribution in [1.29, 1.82) is 0 Å². The number of aromatic nitrogens is 3. The summed E-state index contributed by atoms with van der Waals surface area (Å²) in [6, 6.07) is 8.86. The largest absolute Gasteiger partial charge is 0.493 e. The first-order valence-electron chi connectivity index (χ1n) is 12.3. The highest BCUT2D eigenvalue weighted by atomic mass is 19.2. The zero-order valence-electron chi connectivity index (χ0n) is 20.5. The van der Waals surface area contributed by atoms with Crippen molar-refractivity contribution in [2.45, 2.75) is 19.4 Å². The number of fused-ring (bicyclic) bond motifs is 2. The summed E-state index contributed by atoms with van der Waals surface area (Å²) < 4.78 is 56.3. The first-order valence-corrected chi connectivity index (χ1v) is 12.3. The standard InChI is InChI=1S/C27H24F3N5O3/c1-15-22(23-18(28)6-7-19(29)24(23)30)25-31-14-17(27(35(25)33-15)34-9-12-37-13-10-34)26(36)32-20-8-11-38-21-5-3-2-4-16(20)21/h2-7,14,20H,8-13H2,1H3,(H,32,36)/t20-/m0/s1. The summed E-state index contributed by atoms with van der Waals surface area (Å²) in [5.41, 5.74) is 0.959. The van der Waals surface area contributed by atoms with Gasteiger partial charge in [-0.15, -0.1) is 0 Å². The van der Waals surface area contributed by atoms with Crippen LogP contribution in [0.4, 0.5) is 19.0 Å². The molecule has 1 saturated heterocycles. The Labute approximate surface area is 216 Å². The molecule has 2 aliphatic rings. The predicted octanol–water partition coefficient (Wildman–Crippen LogP) is 4.21. The summed E-state index contributed by atoms with van der Waals surface area (Å²) in [7, 11) is 0. The minimum atomic E-state index is -1.32. The van der Waals surface area contributed by atoms with Gasteiger partial charge in [-0.3, -0.25) is 4.79 Å². The van der Waals surface area contributed by atoms with Crippen molar-refractivity contribution in [2.24, 2.45) is 0 Å². The molecule has 2 aliphatic heterocycles. The summed E-state index contributed by atoms with van der Waals surface area (Å²) in [5, 5.41) is 7.61. The van der Waals surface area contributed by atoms with E-state index in [-0.39, 0.29) is 34.4 Å². The molecular weight excluding hydrogens is 499 g/mol. The number of hydrogen-bond donors (Lipinski definition) is 1. The third-order valence-corrected chi connectivity index (χ3v) is 6.91. The maximum atomic E-state index is 14.8. The second-order valence-corrected chi connectivity index (χ2v) is 9.21. The van der Waals surface area contributed by atoms with Crippen molar-refractivity contribution in [3.63, 3.8) is 0 Å². The fourth-order valence-corrected chi connectivity index (χ4v) is 5.10. The Morgan fingerprint density at radius 3 is 2.61 bits per heavy atom. The molecule has 0 unspecified atom stereocenters. The molecule has 4 heterocycles. The van der Waals surface area contributed by atoms with Gasteiger partial charge in [0.15, 0.2) is 17.3 Å². The first kappa shape index (κ1) is 24.2. The van der Waals surface area contributed by atoms with E-state index in [1.807, 2.05) is 29.2 Å². The lowest BCUT2D eigenvalue weighted by Gasteiger charge is -2.31. The number of rotatable bonds is 4. The van der Waals surface area contributed by atoms with Crippen LogP contribution in [-0.2, 0) is 4.74 Å².